The van der Waals surface area contributed by atoms with Crippen molar-refractivity contribution in [2.24, 2.45) is 28.6 Å². The summed E-state index contributed by atoms with van der Waals surface area (Å²) in [5.41, 5.74) is -2.50. The SMILES string of the molecule is CC1(C)O[C@@H]2C[C@H]3[C@@H]4C[C@H](F)C5=CC(=O)C=C[C@]5(C)[C@H]4[C@@H](O)C[C@]3(C)[C@]2(C(=O)CO)O1.[NaH]. The number of carbonyl (C=O) groups is 2. The molecule has 5 rings (SSSR count). The first-order valence-electron chi connectivity index (χ1n) is 11.2. The number of carbonyl (C=O) groups excluding carboxylic acids is 2. The minimum absolute atomic E-state index is 0. The van der Waals surface area contributed by atoms with Gasteiger partial charge in [0.2, 0.25) is 0 Å². The van der Waals surface area contributed by atoms with Crippen molar-refractivity contribution in [2.45, 2.75) is 76.7 Å². The third kappa shape index (κ3) is 2.95. The molecule has 3 saturated carbocycles. The quantitative estimate of drug-likeness (QED) is 0.611. The van der Waals surface area contributed by atoms with Crippen LogP contribution in [0.5, 0.6) is 0 Å². The van der Waals surface area contributed by atoms with Crippen LogP contribution >= 0.6 is 0 Å². The fourth-order valence-electron chi connectivity index (χ4n) is 8.05. The molecule has 1 heterocycles. The van der Waals surface area contributed by atoms with Crippen LogP contribution in [0.15, 0.2) is 23.8 Å². The van der Waals surface area contributed by atoms with Gasteiger partial charge in [-0.2, -0.15) is 0 Å². The summed E-state index contributed by atoms with van der Waals surface area (Å²) >= 11 is 0. The second kappa shape index (κ2) is 7.54. The Kier molecular flexibility index (Phi) is 5.82. The maximum absolute atomic E-state index is 15.4. The number of ketones is 2. The number of hydrogen-bond donors (Lipinski definition) is 2. The average molecular weight is 459 g/mol. The zero-order valence-electron chi connectivity index (χ0n) is 18.4. The van der Waals surface area contributed by atoms with Crippen molar-refractivity contribution in [1.82, 2.24) is 0 Å². The molecular formula is C24H32FNaO6. The van der Waals surface area contributed by atoms with Crippen LogP contribution in [-0.4, -0.2) is 87.7 Å². The number of ether oxygens (including phenoxy) is 2. The first-order valence-corrected chi connectivity index (χ1v) is 11.2. The van der Waals surface area contributed by atoms with E-state index in [2.05, 4.69) is 0 Å². The Balaban J connectivity index is 0.00000245. The topological polar surface area (TPSA) is 93.1 Å². The van der Waals surface area contributed by atoms with Gasteiger partial charge in [0.15, 0.2) is 23.0 Å². The van der Waals surface area contributed by atoms with Gasteiger partial charge in [-0.3, -0.25) is 9.59 Å². The number of halogens is 1. The predicted molar refractivity (Wildman–Crippen MR) is 116 cm³/mol. The standard InChI is InChI=1S/C24H31FO6.Na.H/c1-21(2)30-19-9-14-13-8-16(25)15-7-12(27)5-6-22(15,3)20(13)17(28)10-23(14,4)24(19,31-21)18(29)11-26;;/h5-7,13-14,16-17,19-20,26,28H,8-11H2,1-4H3;;/t13-,14-,16-,17-,19+,20+,22-,23-,24+;;/m0../s1. The van der Waals surface area contributed by atoms with Crippen LogP contribution in [0.3, 0.4) is 0 Å². The van der Waals surface area contributed by atoms with Crippen LogP contribution in [0.25, 0.3) is 0 Å². The first-order chi connectivity index (χ1) is 14.4. The summed E-state index contributed by atoms with van der Waals surface area (Å²) in [4.78, 5) is 25.1. The fraction of sp³-hybridized carbons (Fsp3) is 0.750. The molecule has 1 saturated heterocycles. The first kappa shape index (κ1) is 24.7. The summed E-state index contributed by atoms with van der Waals surface area (Å²) in [7, 11) is 0. The summed E-state index contributed by atoms with van der Waals surface area (Å²) in [5.74, 6) is -2.28. The van der Waals surface area contributed by atoms with Crippen molar-refractivity contribution in [2.75, 3.05) is 6.61 Å². The molecule has 9 atom stereocenters. The van der Waals surface area contributed by atoms with Crippen molar-refractivity contribution in [1.29, 1.82) is 0 Å². The number of aliphatic hydroxyl groups is 2. The van der Waals surface area contributed by atoms with Gasteiger partial charge in [0.1, 0.15) is 12.8 Å². The molecular weight excluding hydrogens is 426 g/mol. The third-order valence-electron chi connectivity index (χ3n) is 9.03. The predicted octanol–water partition coefficient (Wildman–Crippen LogP) is 1.63. The fourth-order valence-corrected chi connectivity index (χ4v) is 8.05. The molecule has 0 aromatic carbocycles. The molecule has 5 aliphatic rings. The molecule has 0 radical (unpaired) electrons. The number of rotatable bonds is 2. The summed E-state index contributed by atoms with van der Waals surface area (Å²) < 4.78 is 27.9. The Morgan fingerprint density at radius 1 is 1.25 bits per heavy atom. The Hall–Kier alpha value is -0.410. The van der Waals surface area contributed by atoms with Gasteiger partial charge >= 0.3 is 29.6 Å². The van der Waals surface area contributed by atoms with E-state index in [0.29, 0.717) is 12.0 Å². The molecule has 32 heavy (non-hydrogen) atoms. The summed E-state index contributed by atoms with van der Waals surface area (Å²) in [6, 6.07) is 0. The number of hydrogen-bond acceptors (Lipinski definition) is 6. The van der Waals surface area contributed by atoms with Gasteiger partial charge in [-0.15, -0.1) is 0 Å². The number of Topliss-reactive ketones (excluding diaryl/α,β-unsaturated/α-hetero) is 1. The molecule has 1 aliphatic heterocycles. The Morgan fingerprint density at radius 3 is 2.59 bits per heavy atom. The van der Waals surface area contributed by atoms with Crippen LogP contribution in [0.4, 0.5) is 4.39 Å². The van der Waals surface area contributed by atoms with Crippen LogP contribution in [-0.2, 0) is 19.1 Å². The van der Waals surface area contributed by atoms with Gasteiger partial charge in [0.05, 0.1) is 12.2 Å². The molecule has 0 aromatic rings. The minimum atomic E-state index is -1.37. The second-order valence-corrected chi connectivity index (χ2v) is 11.0. The molecule has 0 bridgehead atoms. The zero-order chi connectivity index (χ0) is 22.6. The second-order valence-electron chi connectivity index (χ2n) is 11.0. The van der Waals surface area contributed by atoms with Gasteiger partial charge in [-0.25, -0.2) is 4.39 Å². The molecule has 0 aromatic heterocycles. The van der Waals surface area contributed by atoms with E-state index in [1.54, 1.807) is 19.9 Å². The van der Waals surface area contributed by atoms with E-state index in [9.17, 15) is 19.8 Å². The molecule has 2 N–H and O–H groups in total. The Bertz CT molecular complexity index is 916. The molecule has 172 valence electrons. The van der Waals surface area contributed by atoms with Gasteiger partial charge < -0.3 is 19.7 Å². The van der Waals surface area contributed by atoms with E-state index in [-0.39, 0.29) is 65.9 Å². The Morgan fingerprint density at radius 2 is 1.94 bits per heavy atom. The Labute approximate surface area is 209 Å². The normalized spacial score (nSPS) is 50.5. The number of fused-ring (bicyclic) bond motifs is 7. The van der Waals surface area contributed by atoms with E-state index in [1.807, 2.05) is 13.8 Å². The van der Waals surface area contributed by atoms with Gasteiger partial charge in [0.25, 0.3) is 0 Å². The van der Waals surface area contributed by atoms with Crippen molar-refractivity contribution in [3.63, 3.8) is 0 Å². The number of alkyl halides is 1. The van der Waals surface area contributed by atoms with Crippen molar-refractivity contribution in [3.8, 4) is 0 Å². The molecule has 0 spiro atoms. The van der Waals surface area contributed by atoms with Crippen molar-refractivity contribution in [3.05, 3.63) is 23.8 Å². The van der Waals surface area contributed by atoms with Gasteiger partial charge in [-0.1, -0.05) is 19.9 Å². The van der Waals surface area contributed by atoms with Crippen molar-refractivity contribution < 1.29 is 33.7 Å². The van der Waals surface area contributed by atoms with E-state index >= 15 is 4.39 Å². The summed E-state index contributed by atoms with van der Waals surface area (Å²) in [6.45, 7) is 6.65. The average Bonchev–Trinajstić information content (AvgIpc) is 3.08. The molecule has 4 aliphatic carbocycles. The van der Waals surface area contributed by atoms with E-state index in [1.165, 1.54) is 12.2 Å². The van der Waals surface area contributed by atoms with Crippen LogP contribution in [0.2, 0.25) is 0 Å². The molecule has 0 amide bonds. The molecule has 8 heteroatoms. The maximum atomic E-state index is 15.4. The summed E-state index contributed by atoms with van der Waals surface area (Å²) in [6.07, 6.45) is 2.90. The van der Waals surface area contributed by atoms with Gasteiger partial charge in [-0.05, 0) is 62.7 Å². The van der Waals surface area contributed by atoms with Crippen LogP contribution in [0, 0.1) is 28.6 Å². The zero-order valence-corrected chi connectivity index (χ0v) is 18.4. The van der Waals surface area contributed by atoms with Crippen LogP contribution < -0.4 is 0 Å². The van der Waals surface area contributed by atoms with E-state index < -0.39 is 53.0 Å². The van der Waals surface area contributed by atoms with Crippen LogP contribution in [0.1, 0.15) is 47.0 Å². The third-order valence-corrected chi connectivity index (χ3v) is 9.03. The monoisotopic (exact) mass is 458 g/mol. The molecule has 6 nitrogen and oxygen atoms in total. The van der Waals surface area contributed by atoms with E-state index in [0.717, 1.165) is 0 Å². The number of aliphatic hydroxyl groups excluding tert-OH is 2. The molecule has 4 fully saturated rings. The van der Waals surface area contributed by atoms with E-state index in [4.69, 9.17) is 9.47 Å². The van der Waals surface area contributed by atoms with Gasteiger partial charge in [0, 0.05) is 16.7 Å². The number of allylic oxidation sites excluding steroid dienone is 4. The summed E-state index contributed by atoms with van der Waals surface area (Å²) in [5, 5.41) is 21.3. The van der Waals surface area contributed by atoms with Crippen molar-refractivity contribution >= 4 is 41.1 Å². The molecule has 0 unspecified atom stereocenters.